The van der Waals surface area contributed by atoms with Crippen molar-refractivity contribution in [3.05, 3.63) is 69.0 Å². The van der Waals surface area contributed by atoms with Gasteiger partial charge in [-0.25, -0.2) is 4.39 Å². The van der Waals surface area contributed by atoms with Crippen LogP contribution in [-0.2, 0) is 0 Å². The lowest BCUT2D eigenvalue weighted by Gasteiger charge is -2.06. The molecule has 0 unspecified atom stereocenters. The van der Waals surface area contributed by atoms with Gasteiger partial charge in [-0.3, -0.25) is 14.9 Å². The van der Waals surface area contributed by atoms with E-state index in [9.17, 15) is 19.3 Å². The predicted molar refractivity (Wildman–Crippen MR) is 72.5 cm³/mol. The number of benzene rings is 2. The van der Waals surface area contributed by atoms with Gasteiger partial charge in [0.15, 0.2) is 0 Å². The number of para-hydroxylation sites is 1. The topological polar surface area (TPSA) is 72.2 Å². The van der Waals surface area contributed by atoms with Crippen LogP contribution in [0.4, 0.5) is 15.8 Å². The molecule has 7 heteroatoms. The molecule has 0 radical (unpaired) electrons. The Balaban J connectivity index is 2.28. The Morgan fingerprint density at radius 1 is 1.25 bits per heavy atom. The van der Waals surface area contributed by atoms with E-state index in [1.54, 1.807) is 0 Å². The van der Waals surface area contributed by atoms with E-state index >= 15 is 0 Å². The van der Waals surface area contributed by atoms with Crippen LogP contribution in [0.15, 0.2) is 42.5 Å². The Bertz CT molecular complexity index is 691. The van der Waals surface area contributed by atoms with E-state index in [0.29, 0.717) is 0 Å². The zero-order valence-electron chi connectivity index (χ0n) is 9.97. The van der Waals surface area contributed by atoms with Gasteiger partial charge >= 0.3 is 0 Å². The third-order valence-electron chi connectivity index (χ3n) is 2.52. The van der Waals surface area contributed by atoms with E-state index in [0.717, 1.165) is 6.07 Å². The summed E-state index contributed by atoms with van der Waals surface area (Å²) in [6, 6.07) is 9.17. The highest BCUT2D eigenvalue weighted by Crippen LogP contribution is 2.22. The summed E-state index contributed by atoms with van der Waals surface area (Å²) in [7, 11) is 0. The number of nitro groups is 1. The molecule has 2 rings (SSSR count). The summed E-state index contributed by atoms with van der Waals surface area (Å²) >= 11 is 5.59. The number of nitrogens with one attached hydrogen (secondary N) is 1. The van der Waals surface area contributed by atoms with Gasteiger partial charge in [0, 0.05) is 11.8 Å². The maximum atomic E-state index is 13.0. The van der Waals surface area contributed by atoms with Gasteiger partial charge in [-0.2, -0.15) is 0 Å². The van der Waals surface area contributed by atoms with Crippen molar-refractivity contribution in [3.63, 3.8) is 0 Å². The van der Waals surface area contributed by atoms with Crippen LogP contribution < -0.4 is 5.32 Å². The van der Waals surface area contributed by atoms with Crippen LogP contribution in [0.1, 0.15) is 10.4 Å². The fourth-order valence-electron chi connectivity index (χ4n) is 1.60. The number of nitro benzene ring substituents is 1. The Labute approximate surface area is 118 Å². The van der Waals surface area contributed by atoms with E-state index in [1.165, 1.54) is 36.4 Å². The quantitative estimate of drug-likeness (QED) is 0.694. The second-order valence-electron chi connectivity index (χ2n) is 3.86. The highest BCUT2D eigenvalue weighted by molar-refractivity contribution is 6.31. The van der Waals surface area contributed by atoms with E-state index in [4.69, 9.17) is 11.6 Å². The number of anilines is 1. The summed E-state index contributed by atoms with van der Waals surface area (Å²) in [5, 5.41) is 13.1. The Kier molecular flexibility index (Phi) is 3.95. The molecule has 0 aliphatic carbocycles. The molecule has 1 amide bonds. The number of carbonyl (C=O) groups is 1. The number of hydrogen-bond donors (Lipinski definition) is 1. The molecule has 0 saturated carbocycles. The molecule has 0 bridgehead atoms. The third-order valence-corrected chi connectivity index (χ3v) is 2.81. The van der Waals surface area contributed by atoms with E-state index in [2.05, 4.69) is 5.32 Å². The first-order valence-electron chi connectivity index (χ1n) is 5.49. The SMILES string of the molecule is O=C(Nc1ccc(F)c(Cl)c1)c1ccccc1[N+](=O)[O-]. The van der Waals surface area contributed by atoms with Crippen molar-refractivity contribution in [3.8, 4) is 0 Å². The van der Waals surface area contributed by atoms with Gasteiger partial charge in [-0.1, -0.05) is 23.7 Å². The van der Waals surface area contributed by atoms with Crippen molar-refractivity contribution in [2.24, 2.45) is 0 Å². The van der Waals surface area contributed by atoms with Crippen LogP contribution in [0.2, 0.25) is 5.02 Å². The van der Waals surface area contributed by atoms with E-state index < -0.39 is 16.6 Å². The van der Waals surface area contributed by atoms with Gasteiger partial charge in [0.2, 0.25) is 0 Å². The average Bonchev–Trinajstić information content (AvgIpc) is 2.43. The monoisotopic (exact) mass is 294 g/mol. The van der Waals surface area contributed by atoms with E-state index in [1.807, 2.05) is 0 Å². The molecule has 0 fully saturated rings. The van der Waals surface area contributed by atoms with Crippen molar-refractivity contribution in [1.29, 1.82) is 0 Å². The molecule has 0 aliphatic heterocycles. The van der Waals surface area contributed by atoms with Crippen LogP contribution in [-0.4, -0.2) is 10.8 Å². The van der Waals surface area contributed by atoms with Crippen molar-refractivity contribution < 1.29 is 14.1 Å². The molecular weight excluding hydrogens is 287 g/mol. The van der Waals surface area contributed by atoms with Crippen LogP contribution in [0.5, 0.6) is 0 Å². The van der Waals surface area contributed by atoms with Gasteiger partial charge < -0.3 is 5.32 Å². The van der Waals surface area contributed by atoms with Crippen molar-refractivity contribution in [2.75, 3.05) is 5.32 Å². The van der Waals surface area contributed by atoms with Crippen LogP contribution in [0.25, 0.3) is 0 Å². The number of rotatable bonds is 3. The normalized spacial score (nSPS) is 10.1. The van der Waals surface area contributed by atoms with Crippen molar-refractivity contribution in [1.82, 2.24) is 0 Å². The molecule has 0 heterocycles. The van der Waals surface area contributed by atoms with Gasteiger partial charge in [-0.05, 0) is 24.3 Å². The molecule has 0 spiro atoms. The maximum Gasteiger partial charge on any atom is 0.282 e. The summed E-state index contributed by atoms with van der Waals surface area (Å²) < 4.78 is 13.0. The summed E-state index contributed by atoms with van der Waals surface area (Å²) in [4.78, 5) is 22.2. The second-order valence-corrected chi connectivity index (χ2v) is 4.26. The third kappa shape index (κ3) is 2.92. The first-order valence-corrected chi connectivity index (χ1v) is 5.86. The fraction of sp³-hybridized carbons (Fsp3) is 0. The lowest BCUT2D eigenvalue weighted by atomic mass is 10.1. The first-order chi connectivity index (χ1) is 9.49. The minimum absolute atomic E-state index is 0.0852. The van der Waals surface area contributed by atoms with Gasteiger partial charge in [0.1, 0.15) is 11.4 Å². The zero-order chi connectivity index (χ0) is 14.7. The second kappa shape index (κ2) is 5.66. The molecule has 0 atom stereocenters. The predicted octanol–water partition coefficient (Wildman–Crippen LogP) is 3.64. The lowest BCUT2D eigenvalue weighted by molar-refractivity contribution is -0.385. The molecule has 20 heavy (non-hydrogen) atoms. The summed E-state index contributed by atoms with van der Waals surface area (Å²) in [6.45, 7) is 0. The molecule has 0 aromatic heterocycles. The Morgan fingerprint density at radius 2 is 1.95 bits per heavy atom. The summed E-state index contributed by atoms with van der Waals surface area (Å²) in [6.07, 6.45) is 0. The van der Waals surface area contributed by atoms with Crippen molar-refractivity contribution >= 4 is 28.9 Å². The highest BCUT2D eigenvalue weighted by atomic mass is 35.5. The maximum absolute atomic E-state index is 13.0. The van der Waals surface area contributed by atoms with Crippen molar-refractivity contribution in [2.45, 2.75) is 0 Å². The number of nitrogens with zero attached hydrogens (tertiary/aromatic N) is 1. The molecule has 102 valence electrons. The van der Waals surface area contributed by atoms with Crippen LogP contribution in [0.3, 0.4) is 0 Å². The average molecular weight is 295 g/mol. The molecule has 1 N–H and O–H groups in total. The molecule has 0 aliphatic rings. The number of amides is 1. The van der Waals surface area contributed by atoms with Gasteiger partial charge in [0.05, 0.1) is 9.95 Å². The molecule has 2 aromatic rings. The van der Waals surface area contributed by atoms with Crippen LogP contribution in [0, 0.1) is 15.9 Å². The van der Waals surface area contributed by atoms with Gasteiger partial charge in [0.25, 0.3) is 11.6 Å². The highest BCUT2D eigenvalue weighted by Gasteiger charge is 2.19. The number of halogens is 2. The molecular formula is C13H8ClFN2O3. The Hall–Kier alpha value is -2.47. The van der Waals surface area contributed by atoms with E-state index in [-0.39, 0.29) is 22.0 Å². The largest absolute Gasteiger partial charge is 0.322 e. The fourth-order valence-corrected chi connectivity index (χ4v) is 1.78. The first kappa shape index (κ1) is 14.0. The number of hydrogen-bond acceptors (Lipinski definition) is 3. The zero-order valence-corrected chi connectivity index (χ0v) is 10.7. The number of carbonyl (C=O) groups excluding carboxylic acids is 1. The standard InChI is InChI=1S/C13H8ClFN2O3/c14-10-7-8(5-6-11(10)15)16-13(18)9-3-1-2-4-12(9)17(19)20/h1-7H,(H,16,18). The Morgan fingerprint density at radius 3 is 2.60 bits per heavy atom. The molecule has 2 aromatic carbocycles. The van der Waals surface area contributed by atoms with Crippen LogP contribution >= 0.6 is 11.6 Å². The summed E-state index contributed by atoms with van der Waals surface area (Å²) in [5.74, 6) is -1.28. The minimum atomic E-state index is -0.667. The molecule has 0 saturated heterocycles. The van der Waals surface area contributed by atoms with Gasteiger partial charge in [-0.15, -0.1) is 0 Å². The summed E-state index contributed by atoms with van der Waals surface area (Å²) in [5.41, 5.74) is -0.143. The minimum Gasteiger partial charge on any atom is -0.322 e. The smallest absolute Gasteiger partial charge is 0.282 e. The lowest BCUT2D eigenvalue weighted by Crippen LogP contribution is -2.13. The molecule has 5 nitrogen and oxygen atoms in total.